The van der Waals surface area contributed by atoms with Crippen molar-refractivity contribution in [2.45, 2.75) is 32.9 Å². The highest BCUT2D eigenvalue weighted by atomic mass is 16.4. The molecule has 0 aliphatic carbocycles. The molecular weight excluding hydrogens is 204 g/mol. The van der Waals surface area contributed by atoms with Gasteiger partial charge in [0, 0.05) is 12.7 Å². The molecular formula is C11H18N4O. The van der Waals surface area contributed by atoms with Crippen LogP contribution in [0, 0.1) is 0 Å². The fourth-order valence-corrected chi connectivity index (χ4v) is 1.39. The van der Waals surface area contributed by atoms with E-state index in [1.807, 2.05) is 13.0 Å². The van der Waals surface area contributed by atoms with Crippen LogP contribution in [-0.2, 0) is 13.0 Å². The summed E-state index contributed by atoms with van der Waals surface area (Å²) in [5.74, 6) is 0.175. The Bertz CT molecular complexity index is 365. The van der Waals surface area contributed by atoms with Gasteiger partial charge < -0.3 is 16.3 Å². The molecule has 0 aliphatic heterocycles. The first-order valence-electron chi connectivity index (χ1n) is 5.32. The molecule has 1 atom stereocenters. The standard InChI is InChI=1S/C11H18N4O/c1-3-9-5-4-6-13-10(9)7-14-8(2)11(12)15-16/h4-6,8,14,16H,3,7H2,1-2H3,(H2,12,15). The van der Waals surface area contributed by atoms with Gasteiger partial charge in [-0.25, -0.2) is 0 Å². The summed E-state index contributed by atoms with van der Waals surface area (Å²) in [5.41, 5.74) is 7.68. The molecule has 1 heterocycles. The molecule has 0 aliphatic rings. The van der Waals surface area contributed by atoms with Crippen LogP contribution in [0.4, 0.5) is 0 Å². The molecule has 88 valence electrons. The SMILES string of the molecule is CCc1cccnc1CNC(C)/C(N)=N/O. The molecule has 0 bridgehead atoms. The average Bonchev–Trinajstić information content (AvgIpc) is 2.35. The second-order valence-electron chi connectivity index (χ2n) is 3.59. The molecule has 1 rings (SSSR count). The Balaban J connectivity index is 2.61. The van der Waals surface area contributed by atoms with Crippen molar-refractivity contribution in [3.8, 4) is 0 Å². The Morgan fingerprint density at radius 3 is 3.06 bits per heavy atom. The smallest absolute Gasteiger partial charge is 0.156 e. The van der Waals surface area contributed by atoms with Gasteiger partial charge in [-0.15, -0.1) is 0 Å². The maximum Gasteiger partial charge on any atom is 0.156 e. The second-order valence-corrected chi connectivity index (χ2v) is 3.59. The number of hydrogen-bond acceptors (Lipinski definition) is 4. The number of rotatable bonds is 5. The third-order valence-corrected chi connectivity index (χ3v) is 2.50. The van der Waals surface area contributed by atoms with Gasteiger partial charge in [0.25, 0.3) is 0 Å². The minimum absolute atomic E-state index is 0.170. The number of nitrogens with zero attached hydrogens (tertiary/aromatic N) is 2. The summed E-state index contributed by atoms with van der Waals surface area (Å²) in [5, 5.41) is 14.6. The van der Waals surface area contributed by atoms with Crippen LogP contribution in [0.1, 0.15) is 25.1 Å². The van der Waals surface area contributed by atoms with Gasteiger partial charge in [-0.3, -0.25) is 4.98 Å². The van der Waals surface area contributed by atoms with Crippen molar-refractivity contribution in [3.63, 3.8) is 0 Å². The van der Waals surface area contributed by atoms with E-state index < -0.39 is 0 Å². The second kappa shape index (κ2) is 6.07. The van der Waals surface area contributed by atoms with E-state index >= 15 is 0 Å². The van der Waals surface area contributed by atoms with E-state index in [-0.39, 0.29) is 11.9 Å². The van der Waals surface area contributed by atoms with Crippen molar-refractivity contribution >= 4 is 5.84 Å². The monoisotopic (exact) mass is 222 g/mol. The van der Waals surface area contributed by atoms with Crippen LogP contribution in [0.15, 0.2) is 23.5 Å². The first kappa shape index (κ1) is 12.4. The fraction of sp³-hybridized carbons (Fsp3) is 0.455. The zero-order valence-corrected chi connectivity index (χ0v) is 9.64. The van der Waals surface area contributed by atoms with Crippen LogP contribution in [0.2, 0.25) is 0 Å². The van der Waals surface area contributed by atoms with Crippen molar-refractivity contribution in [2.24, 2.45) is 10.9 Å². The summed E-state index contributed by atoms with van der Waals surface area (Å²) in [6.45, 7) is 4.54. The third-order valence-electron chi connectivity index (χ3n) is 2.50. The minimum Gasteiger partial charge on any atom is -0.409 e. The molecule has 0 amide bonds. The zero-order valence-electron chi connectivity index (χ0n) is 9.64. The van der Waals surface area contributed by atoms with Gasteiger partial charge in [0.05, 0.1) is 11.7 Å². The van der Waals surface area contributed by atoms with Gasteiger partial charge in [0.2, 0.25) is 0 Å². The molecule has 5 heteroatoms. The number of oxime groups is 1. The van der Waals surface area contributed by atoms with E-state index in [2.05, 4.69) is 28.4 Å². The molecule has 4 N–H and O–H groups in total. The Hall–Kier alpha value is -1.62. The highest BCUT2D eigenvalue weighted by molar-refractivity contribution is 5.84. The predicted molar refractivity (Wildman–Crippen MR) is 63.3 cm³/mol. The number of amidine groups is 1. The minimum atomic E-state index is -0.170. The van der Waals surface area contributed by atoms with Gasteiger partial charge in [-0.2, -0.15) is 0 Å². The lowest BCUT2D eigenvalue weighted by atomic mass is 10.1. The summed E-state index contributed by atoms with van der Waals surface area (Å²) >= 11 is 0. The topological polar surface area (TPSA) is 83.5 Å². The molecule has 5 nitrogen and oxygen atoms in total. The molecule has 0 radical (unpaired) electrons. The molecule has 1 unspecified atom stereocenters. The highest BCUT2D eigenvalue weighted by Crippen LogP contribution is 2.05. The van der Waals surface area contributed by atoms with Gasteiger partial charge >= 0.3 is 0 Å². The Morgan fingerprint density at radius 1 is 1.69 bits per heavy atom. The molecule has 1 aromatic heterocycles. The number of nitrogens with one attached hydrogen (secondary N) is 1. The van der Waals surface area contributed by atoms with Gasteiger partial charge in [0.1, 0.15) is 0 Å². The first-order chi connectivity index (χ1) is 7.69. The van der Waals surface area contributed by atoms with Crippen LogP contribution in [-0.4, -0.2) is 22.1 Å². The molecule has 1 aromatic rings. The van der Waals surface area contributed by atoms with Crippen molar-refractivity contribution in [1.82, 2.24) is 10.3 Å². The first-order valence-corrected chi connectivity index (χ1v) is 5.32. The molecule has 0 saturated carbocycles. The van der Waals surface area contributed by atoms with Crippen molar-refractivity contribution in [2.75, 3.05) is 0 Å². The van der Waals surface area contributed by atoms with Crippen LogP contribution >= 0.6 is 0 Å². The molecule has 0 spiro atoms. The molecule has 16 heavy (non-hydrogen) atoms. The predicted octanol–water partition coefficient (Wildman–Crippen LogP) is 0.868. The van der Waals surface area contributed by atoms with Crippen LogP contribution in [0.25, 0.3) is 0 Å². The number of nitrogens with two attached hydrogens (primary N) is 1. The quantitative estimate of drug-likeness (QED) is 0.299. The van der Waals surface area contributed by atoms with Gasteiger partial charge in [-0.05, 0) is 25.0 Å². The molecule has 0 saturated heterocycles. The lowest BCUT2D eigenvalue weighted by molar-refractivity contribution is 0.315. The van der Waals surface area contributed by atoms with E-state index in [0.717, 1.165) is 12.1 Å². The van der Waals surface area contributed by atoms with Crippen molar-refractivity contribution in [3.05, 3.63) is 29.6 Å². The maximum atomic E-state index is 8.51. The normalized spacial score (nSPS) is 13.8. The number of hydrogen-bond donors (Lipinski definition) is 3. The zero-order chi connectivity index (χ0) is 12.0. The lowest BCUT2D eigenvalue weighted by Crippen LogP contribution is -2.38. The van der Waals surface area contributed by atoms with Crippen LogP contribution in [0.5, 0.6) is 0 Å². The Kier molecular flexibility index (Phi) is 4.72. The molecule has 0 fully saturated rings. The van der Waals surface area contributed by atoms with E-state index in [1.54, 1.807) is 6.20 Å². The summed E-state index contributed by atoms with van der Waals surface area (Å²) in [6.07, 6.45) is 2.72. The van der Waals surface area contributed by atoms with E-state index in [9.17, 15) is 0 Å². The van der Waals surface area contributed by atoms with Gasteiger partial charge in [0.15, 0.2) is 5.84 Å². The highest BCUT2D eigenvalue weighted by Gasteiger charge is 2.08. The largest absolute Gasteiger partial charge is 0.409 e. The Labute approximate surface area is 95.4 Å². The maximum absolute atomic E-state index is 8.51. The van der Waals surface area contributed by atoms with E-state index in [4.69, 9.17) is 10.9 Å². The number of pyridine rings is 1. The molecule has 0 aromatic carbocycles. The van der Waals surface area contributed by atoms with Crippen LogP contribution < -0.4 is 11.1 Å². The number of aromatic nitrogens is 1. The summed E-state index contributed by atoms with van der Waals surface area (Å²) in [7, 11) is 0. The van der Waals surface area contributed by atoms with Crippen molar-refractivity contribution in [1.29, 1.82) is 0 Å². The van der Waals surface area contributed by atoms with Gasteiger partial charge in [-0.1, -0.05) is 18.1 Å². The van der Waals surface area contributed by atoms with E-state index in [0.29, 0.717) is 6.54 Å². The summed E-state index contributed by atoms with van der Waals surface area (Å²) in [4.78, 5) is 4.30. The summed E-state index contributed by atoms with van der Waals surface area (Å²) < 4.78 is 0. The fourth-order valence-electron chi connectivity index (χ4n) is 1.39. The Morgan fingerprint density at radius 2 is 2.44 bits per heavy atom. The number of aryl methyl sites for hydroxylation is 1. The van der Waals surface area contributed by atoms with Crippen LogP contribution in [0.3, 0.4) is 0 Å². The third kappa shape index (κ3) is 3.20. The van der Waals surface area contributed by atoms with E-state index in [1.165, 1.54) is 5.56 Å². The summed E-state index contributed by atoms with van der Waals surface area (Å²) in [6, 6.07) is 3.81. The average molecular weight is 222 g/mol. The lowest BCUT2D eigenvalue weighted by Gasteiger charge is -2.13. The van der Waals surface area contributed by atoms with Crippen molar-refractivity contribution < 1.29 is 5.21 Å².